The van der Waals surface area contributed by atoms with Crippen LogP contribution in [0.15, 0.2) is 36.7 Å². The number of hydrogen-bond acceptors (Lipinski definition) is 5. The molecular weight excluding hydrogens is 319 g/mol. The van der Waals surface area contributed by atoms with Crippen molar-refractivity contribution in [3.63, 3.8) is 0 Å². The largest absolute Gasteiger partial charge is 0.381 e. The molecule has 1 aromatic heterocycles. The topological polar surface area (TPSA) is 41.5 Å². The van der Waals surface area contributed by atoms with Gasteiger partial charge in [0.05, 0.1) is 5.69 Å². The van der Waals surface area contributed by atoms with E-state index in [-0.39, 0.29) is 11.7 Å². The van der Waals surface area contributed by atoms with Gasteiger partial charge in [-0.1, -0.05) is 18.2 Å². The molecule has 0 saturated carbocycles. The third-order valence-corrected chi connectivity index (χ3v) is 5.11. The molecule has 1 aromatic carbocycles. The molecule has 2 aromatic rings. The molecule has 0 aliphatic carbocycles. The lowest BCUT2D eigenvalue weighted by Gasteiger charge is -2.37. The number of anilines is 2. The Labute approximate surface area is 147 Å². The van der Waals surface area contributed by atoms with E-state index in [1.807, 2.05) is 23.1 Å². The van der Waals surface area contributed by atoms with Gasteiger partial charge in [0.1, 0.15) is 6.33 Å². The third kappa shape index (κ3) is 3.44. The molecule has 0 N–H and O–H groups in total. The maximum Gasteiger partial charge on any atom is 0.187 e. The van der Waals surface area contributed by atoms with E-state index in [9.17, 15) is 0 Å². The fourth-order valence-corrected chi connectivity index (χ4v) is 3.67. The molecule has 0 amide bonds. The van der Waals surface area contributed by atoms with Crippen LogP contribution < -0.4 is 9.80 Å². The molecule has 25 heavy (non-hydrogen) atoms. The first-order chi connectivity index (χ1) is 12.3. The molecule has 132 valence electrons. The highest BCUT2D eigenvalue weighted by atomic mass is 19.1. The number of aromatic nitrogens is 2. The Bertz CT molecular complexity index is 698. The highest BCUT2D eigenvalue weighted by Gasteiger charge is 2.26. The van der Waals surface area contributed by atoms with Crippen LogP contribution in [0.25, 0.3) is 0 Å². The van der Waals surface area contributed by atoms with Crippen LogP contribution in [-0.4, -0.2) is 49.4 Å². The Kier molecular flexibility index (Phi) is 4.78. The molecule has 0 radical (unpaired) electrons. The third-order valence-electron chi connectivity index (χ3n) is 5.11. The Hall–Kier alpha value is -2.21. The minimum Gasteiger partial charge on any atom is -0.381 e. The van der Waals surface area contributed by atoms with Crippen LogP contribution >= 0.6 is 0 Å². The number of ether oxygens (including phenoxy) is 1. The quantitative estimate of drug-likeness (QED) is 0.858. The van der Waals surface area contributed by atoms with Gasteiger partial charge >= 0.3 is 0 Å². The molecule has 0 atom stereocenters. The fourth-order valence-electron chi connectivity index (χ4n) is 3.67. The van der Waals surface area contributed by atoms with Crippen molar-refractivity contribution in [3.05, 3.63) is 48.2 Å². The summed E-state index contributed by atoms with van der Waals surface area (Å²) >= 11 is 0. The number of para-hydroxylation sites is 1. The molecule has 2 aliphatic rings. The van der Waals surface area contributed by atoms with Crippen molar-refractivity contribution in [1.29, 1.82) is 0 Å². The average molecular weight is 342 g/mol. The van der Waals surface area contributed by atoms with Gasteiger partial charge in [-0.3, -0.25) is 0 Å². The van der Waals surface area contributed by atoms with Crippen LogP contribution in [-0.2, 0) is 4.74 Å². The number of halogens is 1. The van der Waals surface area contributed by atoms with Crippen LogP contribution in [0.1, 0.15) is 24.5 Å². The van der Waals surface area contributed by atoms with E-state index >= 15 is 4.39 Å². The number of hydrogen-bond donors (Lipinski definition) is 0. The van der Waals surface area contributed by atoms with Gasteiger partial charge in [0.15, 0.2) is 11.6 Å². The Morgan fingerprint density at radius 3 is 2.32 bits per heavy atom. The van der Waals surface area contributed by atoms with Gasteiger partial charge in [-0.2, -0.15) is 0 Å². The molecule has 3 heterocycles. The minimum absolute atomic E-state index is 0.140. The van der Waals surface area contributed by atoms with Gasteiger partial charge < -0.3 is 14.5 Å². The van der Waals surface area contributed by atoms with Gasteiger partial charge in [0.2, 0.25) is 0 Å². The maximum absolute atomic E-state index is 15.0. The molecule has 4 rings (SSSR count). The second kappa shape index (κ2) is 7.35. The molecule has 0 bridgehead atoms. The molecule has 6 heteroatoms. The summed E-state index contributed by atoms with van der Waals surface area (Å²) < 4.78 is 20.4. The molecule has 0 spiro atoms. The molecule has 5 nitrogen and oxygen atoms in total. The summed E-state index contributed by atoms with van der Waals surface area (Å²) in [6.45, 7) is 4.60. The molecule has 2 fully saturated rings. The van der Waals surface area contributed by atoms with Crippen molar-refractivity contribution < 1.29 is 9.13 Å². The van der Waals surface area contributed by atoms with E-state index in [0.717, 1.165) is 39.0 Å². The second-order valence-electron chi connectivity index (χ2n) is 6.59. The summed E-state index contributed by atoms with van der Waals surface area (Å²) in [4.78, 5) is 12.9. The van der Waals surface area contributed by atoms with Crippen LogP contribution in [0.5, 0.6) is 0 Å². The van der Waals surface area contributed by atoms with Gasteiger partial charge in [0, 0.05) is 51.0 Å². The minimum atomic E-state index is -0.248. The van der Waals surface area contributed by atoms with Crippen molar-refractivity contribution in [3.8, 4) is 0 Å². The normalized spacial score (nSPS) is 19.2. The first-order valence-corrected chi connectivity index (χ1v) is 8.96. The van der Waals surface area contributed by atoms with E-state index < -0.39 is 0 Å². The van der Waals surface area contributed by atoms with Crippen molar-refractivity contribution in [2.24, 2.45) is 0 Å². The van der Waals surface area contributed by atoms with E-state index in [1.54, 1.807) is 0 Å². The predicted molar refractivity (Wildman–Crippen MR) is 95.7 cm³/mol. The number of piperazine rings is 1. The molecule has 0 unspecified atom stereocenters. The fraction of sp³-hybridized carbons (Fsp3) is 0.474. The predicted octanol–water partition coefficient (Wildman–Crippen LogP) is 2.84. The monoisotopic (exact) mass is 342 g/mol. The lowest BCUT2D eigenvalue weighted by molar-refractivity contribution is 0.0836. The zero-order chi connectivity index (χ0) is 17.1. The smallest absolute Gasteiger partial charge is 0.187 e. The number of benzene rings is 1. The first kappa shape index (κ1) is 16.3. The summed E-state index contributed by atoms with van der Waals surface area (Å²) in [6.07, 6.45) is 3.16. The first-order valence-electron chi connectivity index (χ1n) is 8.96. The lowest BCUT2D eigenvalue weighted by atomic mass is 9.96. The van der Waals surface area contributed by atoms with Gasteiger partial charge in [-0.25, -0.2) is 14.4 Å². The van der Waals surface area contributed by atoms with Crippen LogP contribution in [0.2, 0.25) is 0 Å². The summed E-state index contributed by atoms with van der Waals surface area (Å²) in [5, 5.41) is 0. The van der Waals surface area contributed by atoms with Crippen molar-refractivity contribution in [2.45, 2.75) is 18.8 Å². The van der Waals surface area contributed by atoms with Gasteiger partial charge in [-0.15, -0.1) is 0 Å². The standard InChI is InChI=1S/C19H23FN4O/c20-17-18(15-6-12-25-13-7-15)21-14-22-19(17)24-10-8-23(9-11-24)16-4-2-1-3-5-16/h1-5,14-15H,6-13H2. The van der Waals surface area contributed by atoms with Crippen molar-refractivity contribution in [2.75, 3.05) is 49.2 Å². The summed E-state index contributed by atoms with van der Waals surface area (Å²) in [7, 11) is 0. The summed E-state index contributed by atoms with van der Waals surface area (Å²) in [5.74, 6) is 0.341. The van der Waals surface area contributed by atoms with Crippen molar-refractivity contribution in [1.82, 2.24) is 9.97 Å². The molecule has 2 saturated heterocycles. The zero-order valence-electron chi connectivity index (χ0n) is 14.3. The van der Waals surface area contributed by atoms with Gasteiger partial charge in [-0.05, 0) is 25.0 Å². The van der Waals surface area contributed by atoms with Crippen LogP contribution in [0.3, 0.4) is 0 Å². The number of rotatable bonds is 3. The van der Waals surface area contributed by atoms with E-state index in [0.29, 0.717) is 24.7 Å². The molecule has 2 aliphatic heterocycles. The summed E-state index contributed by atoms with van der Waals surface area (Å²) in [5.41, 5.74) is 1.77. The second-order valence-corrected chi connectivity index (χ2v) is 6.59. The summed E-state index contributed by atoms with van der Waals surface area (Å²) in [6, 6.07) is 10.3. The highest BCUT2D eigenvalue weighted by Crippen LogP contribution is 2.30. The zero-order valence-corrected chi connectivity index (χ0v) is 14.3. The van der Waals surface area contributed by atoms with E-state index in [2.05, 4.69) is 27.0 Å². The lowest BCUT2D eigenvalue weighted by Crippen LogP contribution is -2.47. The van der Waals surface area contributed by atoms with Crippen molar-refractivity contribution >= 4 is 11.5 Å². The average Bonchev–Trinajstić information content (AvgIpc) is 2.70. The maximum atomic E-state index is 15.0. The Morgan fingerprint density at radius 1 is 0.920 bits per heavy atom. The Balaban J connectivity index is 1.48. The van der Waals surface area contributed by atoms with E-state index in [4.69, 9.17) is 4.74 Å². The SMILES string of the molecule is Fc1c(C2CCOCC2)ncnc1N1CCN(c2ccccc2)CC1. The van der Waals surface area contributed by atoms with E-state index in [1.165, 1.54) is 12.0 Å². The van der Waals surface area contributed by atoms with Crippen LogP contribution in [0.4, 0.5) is 15.9 Å². The number of nitrogens with zero attached hydrogens (tertiary/aromatic N) is 4. The highest BCUT2D eigenvalue weighted by molar-refractivity contribution is 5.49. The molecular formula is C19H23FN4O. The van der Waals surface area contributed by atoms with Gasteiger partial charge in [0.25, 0.3) is 0 Å². The van der Waals surface area contributed by atoms with Crippen LogP contribution in [0, 0.1) is 5.82 Å². The Morgan fingerprint density at radius 2 is 1.60 bits per heavy atom.